The van der Waals surface area contributed by atoms with Gasteiger partial charge in [-0.05, 0) is 38.6 Å². The Balaban J connectivity index is 2.02. The molecule has 2 nitrogen and oxygen atoms in total. The van der Waals surface area contributed by atoms with Gasteiger partial charge in [0.25, 0.3) is 0 Å². The molecule has 0 aliphatic heterocycles. The Morgan fingerprint density at radius 1 is 1.50 bits per heavy atom. The third-order valence-electron chi connectivity index (χ3n) is 2.65. The molecule has 0 heterocycles. The molecule has 1 atom stereocenters. The molecular formula is C10H21NO. The van der Waals surface area contributed by atoms with Crippen LogP contribution >= 0.6 is 0 Å². The molecule has 1 aliphatic rings. The number of rotatable bonds is 5. The minimum Gasteiger partial charge on any atom is -0.375 e. The van der Waals surface area contributed by atoms with Crippen LogP contribution in [0.4, 0.5) is 0 Å². The molecule has 1 fully saturated rings. The lowest BCUT2D eigenvalue weighted by molar-refractivity contribution is -0.0691. The third kappa shape index (κ3) is 2.76. The van der Waals surface area contributed by atoms with Gasteiger partial charge < -0.3 is 10.5 Å². The highest BCUT2D eigenvalue weighted by Gasteiger charge is 2.29. The van der Waals surface area contributed by atoms with E-state index in [1.54, 1.807) is 0 Å². The van der Waals surface area contributed by atoms with Crippen LogP contribution in [0.5, 0.6) is 0 Å². The summed E-state index contributed by atoms with van der Waals surface area (Å²) in [5.74, 6) is 0.740. The monoisotopic (exact) mass is 171 g/mol. The zero-order valence-electron chi connectivity index (χ0n) is 8.25. The van der Waals surface area contributed by atoms with E-state index in [4.69, 9.17) is 10.5 Å². The van der Waals surface area contributed by atoms with Crippen molar-refractivity contribution in [3.05, 3.63) is 0 Å². The first-order valence-corrected chi connectivity index (χ1v) is 5.11. The van der Waals surface area contributed by atoms with Crippen LogP contribution in [-0.2, 0) is 4.74 Å². The summed E-state index contributed by atoms with van der Waals surface area (Å²) in [7, 11) is 0. The van der Waals surface area contributed by atoms with E-state index in [9.17, 15) is 0 Å². The average molecular weight is 171 g/mol. The normalized spacial score (nSPS) is 31.2. The molecule has 0 aromatic heterocycles. The fourth-order valence-electron chi connectivity index (χ4n) is 1.78. The van der Waals surface area contributed by atoms with Crippen molar-refractivity contribution in [2.24, 2.45) is 11.7 Å². The van der Waals surface area contributed by atoms with Crippen molar-refractivity contribution in [2.45, 2.75) is 51.7 Å². The SMILES string of the molecule is CCCC(C)OC1CC(CN)C1. The van der Waals surface area contributed by atoms with Crippen LogP contribution in [0.2, 0.25) is 0 Å². The molecule has 1 rings (SSSR count). The summed E-state index contributed by atoms with van der Waals surface area (Å²) >= 11 is 0. The number of hydrogen-bond donors (Lipinski definition) is 1. The van der Waals surface area contributed by atoms with Gasteiger partial charge in [-0.15, -0.1) is 0 Å². The fraction of sp³-hybridized carbons (Fsp3) is 1.00. The van der Waals surface area contributed by atoms with Crippen molar-refractivity contribution in [2.75, 3.05) is 6.54 Å². The average Bonchev–Trinajstić information content (AvgIpc) is 1.96. The lowest BCUT2D eigenvalue weighted by atomic mass is 9.82. The first-order chi connectivity index (χ1) is 5.76. The first-order valence-electron chi connectivity index (χ1n) is 5.11. The third-order valence-corrected chi connectivity index (χ3v) is 2.65. The lowest BCUT2D eigenvalue weighted by Gasteiger charge is -2.36. The van der Waals surface area contributed by atoms with E-state index in [0.717, 1.165) is 12.5 Å². The molecule has 0 bridgehead atoms. The van der Waals surface area contributed by atoms with Crippen molar-refractivity contribution >= 4 is 0 Å². The van der Waals surface area contributed by atoms with Crippen molar-refractivity contribution in [1.82, 2.24) is 0 Å². The van der Waals surface area contributed by atoms with Crippen molar-refractivity contribution in [1.29, 1.82) is 0 Å². The first kappa shape index (κ1) is 10.0. The number of ether oxygens (including phenoxy) is 1. The smallest absolute Gasteiger partial charge is 0.0585 e. The summed E-state index contributed by atoms with van der Waals surface area (Å²) in [4.78, 5) is 0. The van der Waals surface area contributed by atoms with E-state index in [2.05, 4.69) is 13.8 Å². The quantitative estimate of drug-likeness (QED) is 0.686. The predicted octanol–water partition coefficient (Wildman–Crippen LogP) is 1.93. The van der Waals surface area contributed by atoms with Crippen LogP contribution in [0.1, 0.15) is 39.5 Å². The molecule has 0 amide bonds. The molecule has 2 heteroatoms. The Kier molecular flexibility index (Phi) is 4.02. The van der Waals surface area contributed by atoms with Gasteiger partial charge in [0.15, 0.2) is 0 Å². The molecule has 0 aromatic rings. The van der Waals surface area contributed by atoms with Gasteiger partial charge >= 0.3 is 0 Å². The standard InChI is InChI=1S/C10H21NO/c1-3-4-8(2)12-10-5-9(6-10)7-11/h8-10H,3-7,11H2,1-2H3. The van der Waals surface area contributed by atoms with Crippen molar-refractivity contribution in [3.8, 4) is 0 Å². The van der Waals surface area contributed by atoms with Gasteiger partial charge in [-0.2, -0.15) is 0 Å². The van der Waals surface area contributed by atoms with Gasteiger partial charge in [0, 0.05) is 0 Å². The molecule has 1 aliphatic carbocycles. The maximum Gasteiger partial charge on any atom is 0.0585 e. The Morgan fingerprint density at radius 3 is 2.67 bits per heavy atom. The number of hydrogen-bond acceptors (Lipinski definition) is 2. The molecule has 0 saturated heterocycles. The van der Waals surface area contributed by atoms with E-state index in [-0.39, 0.29) is 0 Å². The molecule has 0 radical (unpaired) electrons. The zero-order valence-corrected chi connectivity index (χ0v) is 8.25. The van der Waals surface area contributed by atoms with E-state index in [0.29, 0.717) is 12.2 Å². The summed E-state index contributed by atoms with van der Waals surface area (Å²) in [5, 5.41) is 0. The highest BCUT2D eigenvalue weighted by Crippen LogP contribution is 2.30. The Labute approximate surface area is 75.5 Å². The lowest BCUT2D eigenvalue weighted by Crippen LogP contribution is -2.37. The van der Waals surface area contributed by atoms with E-state index in [1.807, 2.05) is 0 Å². The van der Waals surface area contributed by atoms with Crippen LogP contribution in [0, 0.1) is 5.92 Å². The van der Waals surface area contributed by atoms with Crippen LogP contribution in [-0.4, -0.2) is 18.8 Å². The van der Waals surface area contributed by atoms with Gasteiger partial charge in [0.05, 0.1) is 12.2 Å². The van der Waals surface area contributed by atoms with Gasteiger partial charge in [-0.25, -0.2) is 0 Å². The minimum atomic E-state index is 0.443. The van der Waals surface area contributed by atoms with E-state index in [1.165, 1.54) is 25.7 Å². The second-order valence-electron chi connectivity index (χ2n) is 3.93. The predicted molar refractivity (Wildman–Crippen MR) is 51.0 cm³/mol. The highest BCUT2D eigenvalue weighted by molar-refractivity contribution is 4.81. The van der Waals surface area contributed by atoms with Crippen LogP contribution in [0.25, 0.3) is 0 Å². The summed E-state index contributed by atoms with van der Waals surface area (Å²) in [6.07, 6.45) is 5.73. The Bertz CT molecular complexity index is 121. The summed E-state index contributed by atoms with van der Waals surface area (Å²) in [6, 6.07) is 0. The zero-order chi connectivity index (χ0) is 8.97. The highest BCUT2D eigenvalue weighted by atomic mass is 16.5. The van der Waals surface area contributed by atoms with Crippen molar-refractivity contribution < 1.29 is 4.74 Å². The number of nitrogens with two attached hydrogens (primary N) is 1. The van der Waals surface area contributed by atoms with Crippen molar-refractivity contribution in [3.63, 3.8) is 0 Å². The minimum absolute atomic E-state index is 0.443. The van der Waals surface area contributed by atoms with Gasteiger partial charge in [-0.1, -0.05) is 13.3 Å². The van der Waals surface area contributed by atoms with Crippen LogP contribution in [0.3, 0.4) is 0 Å². The van der Waals surface area contributed by atoms with Gasteiger partial charge in [0.1, 0.15) is 0 Å². The molecule has 1 saturated carbocycles. The Morgan fingerprint density at radius 2 is 2.17 bits per heavy atom. The second kappa shape index (κ2) is 4.83. The maximum atomic E-state index is 5.80. The second-order valence-corrected chi connectivity index (χ2v) is 3.93. The molecule has 0 spiro atoms. The molecule has 72 valence electrons. The van der Waals surface area contributed by atoms with Crippen LogP contribution < -0.4 is 5.73 Å². The molecular weight excluding hydrogens is 150 g/mol. The molecule has 1 unspecified atom stereocenters. The topological polar surface area (TPSA) is 35.2 Å². The van der Waals surface area contributed by atoms with Gasteiger partial charge in [-0.3, -0.25) is 0 Å². The molecule has 2 N–H and O–H groups in total. The largest absolute Gasteiger partial charge is 0.375 e. The maximum absolute atomic E-state index is 5.80. The summed E-state index contributed by atoms with van der Waals surface area (Å²) in [6.45, 7) is 5.20. The fourth-order valence-corrected chi connectivity index (χ4v) is 1.78. The molecule has 0 aromatic carbocycles. The summed E-state index contributed by atoms with van der Waals surface area (Å²) < 4.78 is 5.80. The van der Waals surface area contributed by atoms with E-state index < -0.39 is 0 Å². The Hall–Kier alpha value is -0.0800. The van der Waals surface area contributed by atoms with Gasteiger partial charge in [0.2, 0.25) is 0 Å². The van der Waals surface area contributed by atoms with E-state index >= 15 is 0 Å². The summed E-state index contributed by atoms with van der Waals surface area (Å²) in [5.41, 5.74) is 5.53. The molecule has 12 heavy (non-hydrogen) atoms. The van der Waals surface area contributed by atoms with Crippen LogP contribution in [0.15, 0.2) is 0 Å².